The molecule has 3 aromatic rings. The highest BCUT2D eigenvalue weighted by Crippen LogP contribution is 2.27. The molecule has 0 saturated carbocycles. The summed E-state index contributed by atoms with van der Waals surface area (Å²) in [6, 6.07) is 16.0. The first kappa shape index (κ1) is 16.3. The van der Waals surface area contributed by atoms with Gasteiger partial charge in [-0.1, -0.05) is 48.0 Å². The fourth-order valence-electron chi connectivity index (χ4n) is 2.75. The zero-order valence-corrected chi connectivity index (χ0v) is 13.8. The zero-order valence-electron chi connectivity index (χ0n) is 13.0. The number of aromatic nitrogens is 2. The minimum atomic E-state index is -0.854. The smallest absolute Gasteiger partial charge is 0.309 e. The summed E-state index contributed by atoms with van der Waals surface area (Å²) >= 11 is 6.17. The van der Waals surface area contributed by atoms with E-state index in [2.05, 4.69) is 17.1 Å². The Labute approximate surface area is 145 Å². The van der Waals surface area contributed by atoms with E-state index in [9.17, 15) is 4.79 Å². The van der Waals surface area contributed by atoms with Crippen molar-refractivity contribution in [3.8, 4) is 11.1 Å². The first-order chi connectivity index (χ1) is 11.6. The molecule has 3 rings (SSSR count). The number of nitrogens with zero attached hydrogens (tertiary/aromatic N) is 2. The molecule has 24 heavy (non-hydrogen) atoms. The molecule has 0 saturated heterocycles. The van der Waals surface area contributed by atoms with Gasteiger partial charge in [0.25, 0.3) is 0 Å². The van der Waals surface area contributed by atoms with Crippen LogP contribution >= 0.6 is 11.6 Å². The van der Waals surface area contributed by atoms with Crippen LogP contribution in [-0.4, -0.2) is 20.6 Å². The van der Waals surface area contributed by atoms with Gasteiger partial charge in [0.15, 0.2) is 0 Å². The number of hydrogen-bond donors (Lipinski definition) is 1. The highest BCUT2D eigenvalue weighted by atomic mass is 35.5. The van der Waals surface area contributed by atoms with Crippen molar-refractivity contribution in [1.29, 1.82) is 0 Å². The second kappa shape index (κ2) is 7.32. The minimum absolute atomic E-state index is 0.0217. The van der Waals surface area contributed by atoms with Crippen molar-refractivity contribution in [2.45, 2.75) is 19.4 Å². The normalized spacial score (nSPS) is 10.7. The number of rotatable bonds is 6. The van der Waals surface area contributed by atoms with E-state index in [0.29, 0.717) is 17.3 Å². The van der Waals surface area contributed by atoms with Gasteiger partial charge in [-0.3, -0.25) is 4.79 Å². The van der Waals surface area contributed by atoms with Gasteiger partial charge in [-0.25, -0.2) is 4.98 Å². The van der Waals surface area contributed by atoms with Crippen LogP contribution in [0.25, 0.3) is 11.1 Å². The standard InChI is InChI=1S/C19H17ClN2O2/c20-16-7-6-15(18(10-16)14-4-2-1-3-5-14)8-9-22-13-21-12-17(22)11-19(23)24/h1-7,10,12-13H,8-9,11H2,(H,23,24). The highest BCUT2D eigenvalue weighted by molar-refractivity contribution is 6.30. The number of benzene rings is 2. The summed E-state index contributed by atoms with van der Waals surface area (Å²) in [5, 5.41) is 9.66. The molecule has 5 heteroatoms. The predicted molar refractivity (Wildman–Crippen MR) is 94.2 cm³/mol. The average Bonchev–Trinajstić information content (AvgIpc) is 3.01. The predicted octanol–water partition coefficient (Wildman–Crippen LogP) is 4.07. The van der Waals surface area contributed by atoms with Gasteiger partial charge >= 0.3 is 5.97 Å². The molecule has 0 radical (unpaired) electrons. The quantitative estimate of drug-likeness (QED) is 0.735. The van der Waals surface area contributed by atoms with Crippen molar-refractivity contribution in [2.75, 3.05) is 0 Å². The van der Waals surface area contributed by atoms with E-state index in [0.717, 1.165) is 17.5 Å². The summed E-state index contributed by atoms with van der Waals surface area (Å²) in [7, 11) is 0. The van der Waals surface area contributed by atoms with Crippen LogP contribution < -0.4 is 0 Å². The Morgan fingerprint density at radius 1 is 1.17 bits per heavy atom. The molecular weight excluding hydrogens is 324 g/mol. The monoisotopic (exact) mass is 340 g/mol. The Bertz CT molecular complexity index is 844. The van der Waals surface area contributed by atoms with Crippen molar-refractivity contribution >= 4 is 17.6 Å². The van der Waals surface area contributed by atoms with Gasteiger partial charge in [0.1, 0.15) is 0 Å². The number of aryl methyl sites for hydroxylation is 2. The summed E-state index contributed by atoms with van der Waals surface area (Å²) in [6.45, 7) is 0.671. The van der Waals surface area contributed by atoms with Crippen LogP contribution in [0.4, 0.5) is 0 Å². The molecule has 122 valence electrons. The maximum absolute atomic E-state index is 10.9. The van der Waals surface area contributed by atoms with Gasteiger partial charge in [0, 0.05) is 23.5 Å². The third-order valence-electron chi connectivity index (χ3n) is 3.91. The van der Waals surface area contributed by atoms with Gasteiger partial charge in [-0.2, -0.15) is 0 Å². The van der Waals surface area contributed by atoms with Gasteiger partial charge in [-0.05, 0) is 35.2 Å². The Morgan fingerprint density at radius 3 is 2.71 bits per heavy atom. The van der Waals surface area contributed by atoms with Crippen LogP contribution in [0.3, 0.4) is 0 Å². The van der Waals surface area contributed by atoms with Gasteiger partial charge in [0.2, 0.25) is 0 Å². The first-order valence-electron chi connectivity index (χ1n) is 7.68. The molecule has 0 unspecified atom stereocenters. The first-order valence-corrected chi connectivity index (χ1v) is 8.06. The fourth-order valence-corrected chi connectivity index (χ4v) is 2.92. The third-order valence-corrected chi connectivity index (χ3v) is 4.14. The lowest BCUT2D eigenvalue weighted by Gasteiger charge is -2.12. The Morgan fingerprint density at radius 2 is 1.96 bits per heavy atom. The van der Waals surface area contributed by atoms with E-state index in [1.165, 1.54) is 5.56 Å². The number of aliphatic carboxylic acids is 1. The molecule has 0 atom stereocenters. The molecule has 1 N–H and O–H groups in total. The lowest BCUT2D eigenvalue weighted by atomic mass is 9.97. The van der Waals surface area contributed by atoms with Crippen molar-refractivity contribution in [2.24, 2.45) is 0 Å². The second-order valence-corrected chi connectivity index (χ2v) is 6.00. The molecule has 0 amide bonds. The van der Waals surface area contributed by atoms with Gasteiger partial charge in [0.05, 0.1) is 12.7 Å². The van der Waals surface area contributed by atoms with Crippen LogP contribution in [0.15, 0.2) is 61.1 Å². The van der Waals surface area contributed by atoms with Gasteiger partial charge in [-0.15, -0.1) is 0 Å². The van der Waals surface area contributed by atoms with Crippen LogP contribution in [0.5, 0.6) is 0 Å². The maximum Gasteiger partial charge on any atom is 0.309 e. The van der Waals surface area contributed by atoms with Crippen molar-refractivity contribution in [1.82, 2.24) is 9.55 Å². The van der Waals surface area contributed by atoms with Crippen LogP contribution in [0, 0.1) is 0 Å². The molecule has 1 aromatic heterocycles. The Hall–Kier alpha value is -2.59. The lowest BCUT2D eigenvalue weighted by Crippen LogP contribution is -2.09. The van der Waals surface area contributed by atoms with E-state index in [1.54, 1.807) is 12.5 Å². The fraction of sp³-hybridized carbons (Fsp3) is 0.158. The number of carboxylic acids is 1. The molecule has 0 spiro atoms. The molecule has 0 fully saturated rings. The summed E-state index contributed by atoms with van der Waals surface area (Å²) in [5.74, 6) is -0.854. The zero-order chi connectivity index (χ0) is 16.9. The highest BCUT2D eigenvalue weighted by Gasteiger charge is 2.09. The van der Waals surface area contributed by atoms with Crippen LogP contribution in [0.2, 0.25) is 5.02 Å². The molecule has 0 aliphatic carbocycles. The molecule has 1 heterocycles. The van der Waals surface area contributed by atoms with E-state index >= 15 is 0 Å². The Balaban J connectivity index is 1.84. The molecular formula is C19H17ClN2O2. The number of carbonyl (C=O) groups is 1. The van der Waals surface area contributed by atoms with Crippen molar-refractivity contribution < 1.29 is 9.90 Å². The third kappa shape index (κ3) is 3.84. The van der Waals surface area contributed by atoms with Crippen LogP contribution in [-0.2, 0) is 24.2 Å². The number of imidazole rings is 1. The summed E-state index contributed by atoms with van der Waals surface area (Å²) in [6.07, 6.45) is 4.03. The molecule has 0 bridgehead atoms. The number of carboxylic acid groups (broad SMARTS) is 1. The maximum atomic E-state index is 10.9. The van der Waals surface area contributed by atoms with Crippen molar-refractivity contribution in [3.63, 3.8) is 0 Å². The number of halogens is 1. The summed E-state index contributed by atoms with van der Waals surface area (Å²) in [5.41, 5.74) is 4.09. The van der Waals surface area contributed by atoms with E-state index < -0.39 is 5.97 Å². The molecule has 2 aromatic carbocycles. The topological polar surface area (TPSA) is 55.1 Å². The lowest BCUT2D eigenvalue weighted by molar-refractivity contribution is -0.136. The van der Waals surface area contributed by atoms with E-state index in [1.807, 2.05) is 41.0 Å². The molecule has 0 aliphatic rings. The average molecular weight is 341 g/mol. The minimum Gasteiger partial charge on any atom is -0.481 e. The van der Waals surface area contributed by atoms with E-state index in [-0.39, 0.29) is 6.42 Å². The largest absolute Gasteiger partial charge is 0.481 e. The molecule has 4 nitrogen and oxygen atoms in total. The second-order valence-electron chi connectivity index (χ2n) is 5.57. The molecule has 0 aliphatic heterocycles. The van der Waals surface area contributed by atoms with E-state index in [4.69, 9.17) is 16.7 Å². The Kier molecular flexibility index (Phi) is 4.96. The summed E-state index contributed by atoms with van der Waals surface area (Å²) in [4.78, 5) is 15.0. The SMILES string of the molecule is O=C(O)Cc1cncn1CCc1ccc(Cl)cc1-c1ccccc1. The summed E-state index contributed by atoms with van der Waals surface area (Å²) < 4.78 is 1.89. The van der Waals surface area contributed by atoms with Crippen molar-refractivity contribution in [3.05, 3.63) is 77.3 Å². The number of hydrogen-bond acceptors (Lipinski definition) is 2. The van der Waals surface area contributed by atoms with Gasteiger partial charge < -0.3 is 9.67 Å². The van der Waals surface area contributed by atoms with Crippen LogP contribution in [0.1, 0.15) is 11.3 Å².